The van der Waals surface area contributed by atoms with Crippen LogP contribution in [0.4, 0.5) is 17.1 Å². The van der Waals surface area contributed by atoms with Gasteiger partial charge < -0.3 is 20.9 Å². The Morgan fingerprint density at radius 3 is 2.00 bits per heavy atom. The number of sulfonamides is 1. The van der Waals surface area contributed by atoms with Gasteiger partial charge in [0, 0.05) is 41.6 Å². The summed E-state index contributed by atoms with van der Waals surface area (Å²) in [6.45, 7) is 0. The van der Waals surface area contributed by atoms with Gasteiger partial charge in [-0.2, -0.15) is 0 Å². The van der Waals surface area contributed by atoms with Gasteiger partial charge in [-0.1, -0.05) is 66.7 Å². The van der Waals surface area contributed by atoms with E-state index in [9.17, 15) is 22.8 Å². The molecular formula is C38H35N5O5S2. The number of anilines is 3. The Hall–Kier alpha value is -5.69. The van der Waals surface area contributed by atoms with Crippen molar-refractivity contribution in [1.82, 2.24) is 5.32 Å². The SMILES string of the molecule is CN(C)c1ccc(/C=C(/NC(=O)c2ccccc2)C(=O)Nc2cccc(SC(C(=O)Nc3ccc(S(N)(=O)=O)cc3)c3ccccc3)c2)cc1. The van der Waals surface area contributed by atoms with Gasteiger partial charge in [-0.3, -0.25) is 14.4 Å². The fourth-order valence-electron chi connectivity index (χ4n) is 4.80. The topological polar surface area (TPSA) is 151 Å². The minimum absolute atomic E-state index is 0.0458. The number of hydrogen-bond donors (Lipinski definition) is 4. The summed E-state index contributed by atoms with van der Waals surface area (Å²) in [5, 5.41) is 13.0. The molecule has 0 heterocycles. The lowest BCUT2D eigenvalue weighted by Crippen LogP contribution is -2.30. The molecule has 5 aromatic carbocycles. The van der Waals surface area contributed by atoms with Crippen molar-refractivity contribution in [1.29, 1.82) is 0 Å². The van der Waals surface area contributed by atoms with Gasteiger partial charge in [-0.05, 0) is 83.9 Å². The van der Waals surface area contributed by atoms with Crippen molar-refractivity contribution in [3.8, 4) is 0 Å². The van der Waals surface area contributed by atoms with Gasteiger partial charge >= 0.3 is 0 Å². The molecule has 0 aliphatic heterocycles. The number of benzene rings is 5. The molecule has 5 N–H and O–H groups in total. The molecule has 0 fully saturated rings. The van der Waals surface area contributed by atoms with E-state index in [0.29, 0.717) is 21.8 Å². The van der Waals surface area contributed by atoms with E-state index in [4.69, 9.17) is 5.14 Å². The number of nitrogens with one attached hydrogen (secondary N) is 3. The molecule has 10 nitrogen and oxygen atoms in total. The molecule has 0 bridgehead atoms. The number of amides is 3. The molecule has 5 aromatic rings. The summed E-state index contributed by atoms with van der Waals surface area (Å²) in [6, 6.07) is 38.0. The van der Waals surface area contributed by atoms with Gasteiger partial charge in [0.1, 0.15) is 10.9 Å². The summed E-state index contributed by atoms with van der Waals surface area (Å²) in [6.07, 6.45) is 1.61. The maximum atomic E-state index is 13.7. The number of nitrogens with two attached hydrogens (primary N) is 1. The highest BCUT2D eigenvalue weighted by atomic mass is 32.2. The third-order valence-electron chi connectivity index (χ3n) is 7.39. The quantitative estimate of drug-likeness (QED) is 0.0881. The Balaban J connectivity index is 1.37. The zero-order valence-corrected chi connectivity index (χ0v) is 28.9. The van der Waals surface area contributed by atoms with Crippen LogP contribution in [0.15, 0.2) is 149 Å². The molecule has 1 unspecified atom stereocenters. The zero-order chi connectivity index (χ0) is 35.7. The summed E-state index contributed by atoms with van der Waals surface area (Å²) in [5.74, 6) is -1.31. The average Bonchev–Trinajstić information content (AvgIpc) is 3.11. The van der Waals surface area contributed by atoms with E-state index >= 15 is 0 Å². The highest BCUT2D eigenvalue weighted by molar-refractivity contribution is 8.00. The van der Waals surface area contributed by atoms with E-state index in [1.54, 1.807) is 54.6 Å². The van der Waals surface area contributed by atoms with Crippen molar-refractivity contribution in [3.05, 3.63) is 156 Å². The molecular weight excluding hydrogens is 671 g/mol. The number of hydrogen-bond acceptors (Lipinski definition) is 7. The molecule has 1 atom stereocenters. The van der Waals surface area contributed by atoms with Crippen LogP contribution < -0.4 is 26.0 Å². The molecule has 0 radical (unpaired) electrons. The molecule has 0 aromatic heterocycles. The van der Waals surface area contributed by atoms with E-state index in [2.05, 4.69) is 16.0 Å². The lowest BCUT2D eigenvalue weighted by molar-refractivity contribution is -0.116. The first kappa shape index (κ1) is 35.6. The van der Waals surface area contributed by atoms with Crippen molar-refractivity contribution in [3.63, 3.8) is 0 Å². The van der Waals surface area contributed by atoms with Crippen molar-refractivity contribution >= 4 is 62.6 Å². The second kappa shape index (κ2) is 16.1. The predicted octanol–water partition coefficient (Wildman–Crippen LogP) is 6.28. The Kier molecular flexibility index (Phi) is 11.5. The van der Waals surface area contributed by atoms with Crippen molar-refractivity contribution < 1.29 is 22.8 Å². The van der Waals surface area contributed by atoms with E-state index in [0.717, 1.165) is 16.8 Å². The summed E-state index contributed by atoms with van der Waals surface area (Å²) >= 11 is 1.27. The van der Waals surface area contributed by atoms with Crippen LogP contribution in [0, 0.1) is 0 Å². The summed E-state index contributed by atoms with van der Waals surface area (Å²) < 4.78 is 23.3. The van der Waals surface area contributed by atoms with Crippen LogP contribution >= 0.6 is 11.8 Å². The summed E-state index contributed by atoms with van der Waals surface area (Å²) in [4.78, 5) is 43.0. The van der Waals surface area contributed by atoms with Gasteiger partial charge in [0.25, 0.3) is 11.8 Å². The van der Waals surface area contributed by atoms with E-state index in [-0.39, 0.29) is 16.5 Å². The highest BCUT2D eigenvalue weighted by Crippen LogP contribution is 2.37. The Morgan fingerprint density at radius 2 is 1.38 bits per heavy atom. The van der Waals surface area contributed by atoms with Crippen LogP contribution in [0.5, 0.6) is 0 Å². The molecule has 0 aliphatic rings. The Labute approximate surface area is 295 Å². The molecule has 3 amide bonds. The first-order chi connectivity index (χ1) is 24.0. The van der Waals surface area contributed by atoms with Crippen LogP contribution in [0.2, 0.25) is 0 Å². The molecule has 0 aliphatic carbocycles. The zero-order valence-electron chi connectivity index (χ0n) is 27.2. The number of carbonyl (C=O) groups excluding carboxylic acids is 3. The van der Waals surface area contributed by atoms with Gasteiger partial charge in [0.15, 0.2) is 0 Å². The van der Waals surface area contributed by atoms with Gasteiger partial charge in [-0.25, -0.2) is 13.6 Å². The number of thioether (sulfide) groups is 1. The minimum atomic E-state index is -3.88. The van der Waals surface area contributed by atoms with Crippen molar-refractivity contribution in [2.24, 2.45) is 5.14 Å². The third-order valence-corrected chi connectivity index (χ3v) is 9.56. The fraction of sp³-hybridized carbons (Fsp3) is 0.0789. The number of nitrogens with zero attached hydrogens (tertiary/aromatic N) is 1. The molecule has 0 saturated heterocycles. The van der Waals surface area contributed by atoms with Crippen molar-refractivity contribution in [2.45, 2.75) is 15.0 Å². The highest BCUT2D eigenvalue weighted by Gasteiger charge is 2.23. The van der Waals surface area contributed by atoms with Gasteiger partial charge in [0.05, 0.1) is 4.90 Å². The smallest absolute Gasteiger partial charge is 0.272 e. The van der Waals surface area contributed by atoms with E-state index < -0.39 is 27.1 Å². The maximum absolute atomic E-state index is 13.7. The number of rotatable bonds is 12. The van der Waals surface area contributed by atoms with Crippen LogP contribution in [0.3, 0.4) is 0 Å². The standard InChI is InChI=1S/C38H35N5O5S2/c1-43(2)31-20-16-26(17-21-31)24-34(42-36(44)28-12-7-4-8-13-28)37(45)41-30-14-9-15-32(25-30)49-35(27-10-5-3-6-11-27)38(46)40-29-18-22-33(23-19-29)50(39,47)48/h3-25,35H,1-2H3,(H,40,46)(H,41,45)(H,42,44)(H2,39,47,48)/b34-24+. The van der Waals surface area contributed by atoms with E-state index in [1.165, 1.54) is 36.0 Å². The molecule has 12 heteroatoms. The largest absolute Gasteiger partial charge is 0.378 e. The fourth-order valence-corrected chi connectivity index (χ4v) is 6.39. The van der Waals surface area contributed by atoms with Crippen LogP contribution in [-0.4, -0.2) is 40.2 Å². The molecule has 5 rings (SSSR count). The Morgan fingerprint density at radius 1 is 0.740 bits per heavy atom. The first-order valence-corrected chi connectivity index (χ1v) is 17.8. The maximum Gasteiger partial charge on any atom is 0.272 e. The summed E-state index contributed by atoms with van der Waals surface area (Å²) in [5.41, 5.74) is 3.74. The number of carbonyl (C=O) groups is 3. The van der Waals surface area contributed by atoms with Crippen molar-refractivity contribution in [2.75, 3.05) is 29.6 Å². The first-order valence-electron chi connectivity index (χ1n) is 15.4. The normalized spacial score (nSPS) is 12.0. The average molecular weight is 706 g/mol. The Bertz CT molecular complexity index is 2110. The van der Waals surface area contributed by atoms with Crippen LogP contribution in [0.1, 0.15) is 26.7 Å². The van der Waals surface area contributed by atoms with Gasteiger partial charge in [-0.15, -0.1) is 11.8 Å². The second-order valence-corrected chi connectivity index (χ2v) is 14.1. The summed E-state index contributed by atoms with van der Waals surface area (Å²) in [7, 11) is -0.0129. The van der Waals surface area contributed by atoms with Gasteiger partial charge in [0.2, 0.25) is 15.9 Å². The number of primary sulfonamides is 1. The van der Waals surface area contributed by atoms with Crippen LogP contribution in [0.25, 0.3) is 6.08 Å². The van der Waals surface area contributed by atoms with E-state index in [1.807, 2.05) is 79.7 Å². The van der Waals surface area contributed by atoms with Crippen LogP contribution in [-0.2, 0) is 19.6 Å². The third kappa shape index (κ3) is 9.69. The lowest BCUT2D eigenvalue weighted by Gasteiger charge is -2.18. The predicted molar refractivity (Wildman–Crippen MR) is 199 cm³/mol. The monoisotopic (exact) mass is 705 g/mol. The lowest BCUT2D eigenvalue weighted by atomic mass is 10.1. The molecule has 0 saturated carbocycles. The second-order valence-electron chi connectivity index (χ2n) is 11.3. The molecule has 0 spiro atoms. The molecule has 254 valence electrons. The molecule has 50 heavy (non-hydrogen) atoms. The minimum Gasteiger partial charge on any atom is -0.378 e.